The van der Waals surface area contributed by atoms with E-state index in [4.69, 9.17) is 0 Å². The molecule has 1 amide bonds. The lowest BCUT2D eigenvalue weighted by atomic mass is 10.0. The van der Waals surface area contributed by atoms with Crippen molar-refractivity contribution in [3.8, 4) is 0 Å². The molecule has 0 saturated heterocycles. The fraction of sp³-hybridized carbons (Fsp3) is 0.935. The Bertz CT molecular complexity index is 713. The zero-order chi connectivity index (χ0) is 37.3. The summed E-state index contributed by atoms with van der Waals surface area (Å²) in [5.74, 6) is -0.500. The molecule has 0 aliphatic carbocycles. The van der Waals surface area contributed by atoms with Crippen molar-refractivity contribution in [2.45, 2.75) is 270 Å². The van der Waals surface area contributed by atoms with Gasteiger partial charge in [0.15, 0.2) is 0 Å². The predicted octanol–water partition coefficient (Wildman–Crippen LogP) is 13.2. The molecule has 0 aromatic carbocycles. The molecule has 0 rings (SSSR count). The quantitative estimate of drug-likeness (QED) is 0.0373. The van der Waals surface area contributed by atoms with Crippen molar-refractivity contribution < 1.29 is 20.1 Å². The van der Waals surface area contributed by atoms with Crippen LogP contribution in [0, 0.1) is 0 Å². The van der Waals surface area contributed by atoms with Crippen molar-refractivity contribution in [2.75, 3.05) is 6.61 Å². The van der Waals surface area contributed by atoms with E-state index >= 15 is 0 Å². The number of carbonyl (C=O) groups excluding carboxylic acids is 1. The SMILES string of the molecule is CCCCCCCCCCC/C=C/C(O)C(CO)NC(=O)C(O)CCCCCCCCCCCCCCCCCCCCCCCCCCCC. The first-order valence-electron chi connectivity index (χ1n) is 23.0. The number of hydrogen-bond acceptors (Lipinski definition) is 4. The zero-order valence-corrected chi connectivity index (χ0v) is 34.5. The van der Waals surface area contributed by atoms with Gasteiger partial charge in [-0.3, -0.25) is 4.79 Å². The lowest BCUT2D eigenvalue weighted by Crippen LogP contribution is -2.48. The zero-order valence-electron chi connectivity index (χ0n) is 34.5. The second-order valence-electron chi connectivity index (χ2n) is 16.0. The van der Waals surface area contributed by atoms with E-state index in [1.54, 1.807) is 6.08 Å². The lowest BCUT2D eigenvalue weighted by Gasteiger charge is -2.21. The lowest BCUT2D eigenvalue weighted by molar-refractivity contribution is -0.131. The van der Waals surface area contributed by atoms with Crippen LogP contribution < -0.4 is 5.32 Å². The molecule has 3 atom stereocenters. The molecule has 4 N–H and O–H groups in total. The van der Waals surface area contributed by atoms with Crippen LogP contribution in [-0.4, -0.2) is 46.1 Å². The van der Waals surface area contributed by atoms with Crippen LogP contribution in [0.4, 0.5) is 0 Å². The molecule has 0 aromatic heterocycles. The van der Waals surface area contributed by atoms with Crippen molar-refractivity contribution in [2.24, 2.45) is 0 Å². The van der Waals surface area contributed by atoms with E-state index in [1.807, 2.05) is 6.08 Å². The minimum Gasteiger partial charge on any atom is -0.394 e. The molecule has 0 fully saturated rings. The van der Waals surface area contributed by atoms with Crippen LogP contribution in [0.15, 0.2) is 12.2 Å². The fourth-order valence-electron chi connectivity index (χ4n) is 7.25. The van der Waals surface area contributed by atoms with Crippen LogP contribution in [0.25, 0.3) is 0 Å². The van der Waals surface area contributed by atoms with Crippen LogP contribution in [0.3, 0.4) is 0 Å². The molecule has 0 heterocycles. The van der Waals surface area contributed by atoms with Gasteiger partial charge in [-0.05, 0) is 19.3 Å². The molecule has 0 aliphatic heterocycles. The molecule has 5 heteroatoms. The van der Waals surface area contributed by atoms with Gasteiger partial charge in [-0.25, -0.2) is 0 Å². The summed E-state index contributed by atoms with van der Waals surface area (Å²) in [5, 5.41) is 33.1. The van der Waals surface area contributed by atoms with Gasteiger partial charge in [0.25, 0.3) is 0 Å². The Morgan fingerprint density at radius 2 is 0.765 bits per heavy atom. The second-order valence-corrected chi connectivity index (χ2v) is 16.0. The van der Waals surface area contributed by atoms with Crippen molar-refractivity contribution in [1.29, 1.82) is 0 Å². The second kappa shape index (κ2) is 41.8. The maximum atomic E-state index is 12.4. The van der Waals surface area contributed by atoms with Crippen LogP contribution >= 0.6 is 0 Å². The van der Waals surface area contributed by atoms with Crippen LogP contribution in [0.5, 0.6) is 0 Å². The summed E-state index contributed by atoms with van der Waals surface area (Å²) < 4.78 is 0. The van der Waals surface area contributed by atoms with Gasteiger partial charge in [0.05, 0.1) is 18.8 Å². The summed E-state index contributed by atoms with van der Waals surface area (Å²) >= 11 is 0. The highest BCUT2D eigenvalue weighted by atomic mass is 16.3. The largest absolute Gasteiger partial charge is 0.394 e. The van der Waals surface area contributed by atoms with Crippen LogP contribution in [-0.2, 0) is 4.79 Å². The molecule has 5 nitrogen and oxygen atoms in total. The van der Waals surface area contributed by atoms with E-state index in [0.717, 1.165) is 32.1 Å². The highest BCUT2D eigenvalue weighted by molar-refractivity contribution is 5.80. The number of hydrogen-bond donors (Lipinski definition) is 4. The number of amides is 1. The average Bonchev–Trinajstić information content (AvgIpc) is 3.13. The van der Waals surface area contributed by atoms with Gasteiger partial charge in [-0.1, -0.05) is 244 Å². The van der Waals surface area contributed by atoms with Gasteiger partial charge in [-0.15, -0.1) is 0 Å². The molecule has 304 valence electrons. The molecular formula is C46H91NO4. The number of nitrogens with one attached hydrogen (secondary N) is 1. The minimum absolute atomic E-state index is 0.360. The van der Waals surface area contributed by atoms with Crippen molar-refractivity contribution in [1.82, 2.24) is 5.32 Å². The van der Waals surface area contributed by atoms with Gasteiger partial charge in [0, 0.05) is 0 Å². The molecule has 0 aromatic rings. The minimum atomic E-state index is -1.09. The summed E-state index contributed by atoms with van der Waals surface area (Å²) in [7, 11) is 0. The van der Waals surface area contributed by atoms with E-state index in [9.17, 15) is 20.1 Å². The molecule has 0 bridgehead atoms. The van der Waals surface area contributed by atoms with E-state index in [0.29, 0.717) is 6.42 Å². The Kier molecular flexibility index (Phi) is 41.1. The van der Waals surface area contributed by atoms with Gasteiger partial charge in [0.2, 0.25) is 5.91 Å². The average molecular weight is 722 g/mol. The third-order valence-electron chi connectivity index (χ3n) is 10.9. The number of aliphatic hydroxyl groups excluding tert-OH is 3. The summed E-state index contributed by atoms with van der Waals surface area (Å²) in [5.41, 5.74) is 0. The van der Waals surface area contributed by atoms with E-state index in [-0.39, 0.29) is 6.61 Å². The topological polar surface area (TPSA) is 89.8 Å². The van der Waals surface area contributed by atoms with Crippen LogP contribution in [0.2, 0.25) is 0 Å². The van der Waals surface area contributed by atoms with Gasteiger partial charge < -0.3 is 20.6 Å². The number of allylic oxidation sites excluding steroid dienone is 1. The van der Waals surface area contributed by atoms with Gasteiger partial charge in [-0.2, -0.15) is 0 Å². The first-order chi connectivity index (χ1) is 25.1. The number of carbonyl (C=O) groups is 1. The predicted molar refractivity (Wildman–Crippen MR) is 222 cm³/mol. The first kappa shape index (κ1) is 50.1. The third-order valence-corrected chi connectivity index (χ3v) is 10.9. The highest BCUT2D eigenvalue weighted by Gasteiger charge is 2.22. The molecule has 0 spiro atoms. The molecular weight excluding hydrogens is 631 g/mol. The first-order valence-corrected chi connectivity index (χ1v) is 23.0. The number of rotatable bonds is 42. The molecule has 3 unspecified atom stereocenters. The Balaban J connectivity index is 3.52. The summed E-state index contributed by atoms with van der Waals surface area (Å²) in [6.07, 6.45) is 49.8. The van der Waals surface area contributed by atoms with Crippen LogP contribution in [0.1, 0.15) is 251 Å². The third kappa shape index (κ3) is 37.2. The summed E-state index contributed by atoms with van der Waals surface area (Å²) in [4.78, 5) is 12.4. The van der Waals surface area contributed by atoms with Crippen molar-refractivity contribution >= 4 is 5.91 Å². The fourth-order valence-corrected chi connectivity index (χ4v) is 7.25. The van der Waals surface area contributed by atoms with E-state index in [2.05, 4.69) is 19.2 Å². The molecule has 0 radical (unpaired) electrons. The van der Waals surface area contributed by atoms with Gasteiger partial charge >= 0.3 is 0 Å². The standard InChI is InChI=1S/C46H91NO4/c1-3-5-7-9-11-13-15-16-17-18-19-20-21-22-23-24-25-26-27-28-29-31-33-35-37-39-41-45(50)46(51)47-43(42-48)44(49)40-38-36-34-32-30-14-12-10-8-6-4-2/h38,40,43-45,48-50H,3-37,39,41-42H2,1-2H3,(H,47,51)/b40-38+. The molecule has 0 saturated carbocycles. The monoisotopic (exact) mass is 722 g/mol. The van der Waals surface area contributed by atoms with E-state index < -0.39 is 24.2 Å². The number of aliphatic hydroxyl groups is 3. The maximum Gasteiger partial charge on any atom is 0.249 e. The Morgan fingerprint density at radius 3 is 1.08 bits per heavy atom. The Hall–Kier alpha value is -0.910. The summed E-state index contributed by atoms with van der Waals surface area (Å²) in [6.45, 7) is 4.18. The normalized spacial score (nSPS) is 13.6. The van der Waals surface area contributed by atoms with Gasteiger partial charge in [0.1, 0.15) is 6.10 Å². The van der Waals surface area contributed by atoms with Crippen molar-refractivity contribution in [3.05, 3.63) is 12.2 Å². The Labute approximate surface area is 319 Å². The Morgan fingerprint density at radius 1 is 0.471 bits per heavy atom. The number of unbranched alkanes of at least 4 members (excludes halogenated alkanes) is 34. The molecule has 51 heavy (non-hydrogen) atoms. The van der Waals surface area contributed by atoms with Crippen molar-refractivity contribution in [3.63, 3.8) is 0 Å². The van der Waals surface area contributed by atoms with E-state index in [1.165, 1.54) is 199 Å². The smallest absolute Gasteiger partial charge is 0.249 e. The maximum absolute atomic E-state index is 12.4. The summed E-state index contributed by atoms with van der Waals surface area (Å²) in [6, 6.07) is -0.791. The highest BCUT2D eigenvalue weighted by Crippen LogP contribution is 2.17. The molecule has 0 aliphatic rings.